The third-order valence-corrected chi connectivity index (χ3v) is 4.79. The highest BCUT2D eigenvalue weighted by molar-refractivity contribution is 6.04. The molecule has 142 valence electrons. The topological polar surface area (TPSA) is 79.8 Å². The van der Waals surface area contributed by atoms with Crippen molar-refractivity contribution in [1.29, 1.82) is 0 Å². The van der Waals surface area contributed by atoms with Gasteiger partial charge in [0.15, 0.2) is 0 Å². The van der Waals surface area contributed by atoms with Crippen LogP contribution in [0.3, 0.4) is 0 Å². The van der Waals surface area contributed by atoms with Crippen molar-refractivity contribution >= 4 is 27.8 Å². The number of aromatic amines is 1. The number of hydrogen-bond donors (Lipinski definition) is 2. The van der Waals surface area contributed by atoms with E-state index >= 15 is 0 Å². The van der Waals surface area contributed by atoms with E-state index in [2.05, 4.69) is 15.3 Å². The van der Waals surface area contributed by atoms with E-state index in [1.165, 1.54) is 23.0 Å². The van der Waals surface area contributed by atoms with Gasteiger partial charge in [-0.3, -0.25) is 14.2 Å². The Morgan fingerprint density at radius 1 is 1.25 bits per heavy atom. The van der Waals surface area contributed by atoms with Crippen LogP contribution in [-0.4, -0.2) is 20.4 Å². The Morgan fingerprint density at radius 2 is 2.04 bits per heavy atom. The molecule has 0 saturated heterocycles. The molecule has 2 aromatic heterocycles. The summed E-state index contributed by atoms with van der Waals surface area (Å²) in [4.78, 5) is 32.2. The quantitative estimate of drug-likeness (QED) is 0.559. The molecule has 1 amide bonds. The Kier molecular flexibility index (Phi) is 4.65. The molecule has 0 aliphatic heterocycles. The maximum Gasteiger partial charge on any atom is 0.277 e. The van der Waals surface area contributed by atoms with Gasteiger partial charge in [-0.25, -0.2) is 9.37 Å². The molecule has 2 heterocycles. The van der Waals surface area contributed by atoms with Crippen LogP contribution in [0.4, 0.5) is 4.39 Å². The van der Waals surface area contributed by atoms with Gasteiger partial charge in [-0.1, -0.05) is 30.3 Å². The fraction of sp³-hybridized carbons (Fsp3) is 0.190. The van der Waals surface area contributed by atoms with Gasteiger partial charge in [-0.2, -0.15) is 0 Å². The van der Waals surface area contributed by atoms with Gasteiger partial charge >= 0.3 is 0 Å². The fourth-order valence-corrected chi connectivity index (χ4v) is 3.28. The molecule has 0 bridgehead atoms. The van der Waals surface area contributed by atoms with E-state index < -0.39 is 0 Å². The number of nitrogens with zero attached hydrogens (tertiary/aromatic N) is 2. The van der Waals surface area contributed by atoms with E-state index in [0.717, 1.165) is 5.56 Å². The maximum atomic E-state index is 13.5. The van der Waals surface area contributed by atoms with Gasteiger partial charge in [0.2, 0.25) is 5.91 Å². The third kappa shape index (κ3) is 3.38. The van der Waals surface area contributed by atoms with Crippen LogP contribution in [0.1, 0.15) is 24.9 Å². The number of benzene rings is 2. The zero-order valence-electron chi connectivity index (χ0n) is 15.3. The summed E-state index contributed by atoms with van der Waals surface area (Å²) in [6.45, 7) is 2.12. The molecule has 2 N–H and O–H groups in total. The maximum absolute atomic E-state index is 13.5. The standard InChI is InChI=1S/C21H19FN4O2/c1-13(14-5-3-2-4-6-14)24-18(27)9-10-26-12-23-19-16-11-15(22)7-8-17(16)25-20(19)21(26)28/h2-8,11-13,25H,9-10H2,1H3,(H,24,27)/t13-/m0/s1. The summed E-state index contributed by atoms with van der Waals surface area (Å²) >= 11 is 0. The molecule has 6 nitrogen and oxygen atoms in total. The van der Waals surface area contributed by atoms with Gasteiger partial charge < -0.3 is 10.3 Å². The number of amides is 1. The van der Waals surface area contributed by atoms with Crippen LogP contribution in [-0.2, 0) is 11.3 Å². The Hall–Kier alpha value is -3.48. The van der Waals surface area contributed by atoms with E-state index in [9.17, 15) is 14.0 Å². The second-order valence-corrected chi connectivity index (χ2v) is 6.73. The molecule has 0 spiro atoms. The van der Waals surface area contributed by atoms with Gasteiger partial charge in [0.1, 0.15) is 16.9 Å². The SMILES string of the molecule is C[C@H](NC(=O)CCn1cnc2c([nH]c3ccc(F)cc32)c1=O)c1ccccc1. The summed E-state index contributed by atoms with van der Waals surface area (Å²) in [5.74, 6) is -0.536. The first kappa shape index (κ1) is 17.9. The largest absolute Gasteiger partial charge is 0.350 e. The van der Waals surface area contributed by atoms with E-state index in [-0.39, 0.29) is 36.3 Å². The van der Waals surface area contributed by atoms with Gasteiger partial charge in [0.25, 0.3) is 5.56 Å². The van der Waals surface area contributed by atoms with E-state index in [4.69, 9.17) is 0 Å². The number of rotatable bonds is 5. The summed E-state index contributed by atoms with van der Waals surface area (Å²) in [7, 11) is 0. The molecule has 0 fully saturated rings. The first-order valence-electron chi connectivity index (χ1n) is 9.03. The summed E-state index contributed by atoms with van der Waals surface area (Å²) < 4.78 is 14.9. The third-order valence-electron chi connectivity index (χ3n) is 4.79. The van der Waals surface area contributed by atoms with Crippen molar-refractivity contribution < 1.29 is 9.18 Å². The summed E-state index contributed by atoms with van der Waals surface area (Å²) in [6, 6.07) is 13.8. The average molecular weight is 378 g/mol. The number of fused-ring (bicyclic) bond motifs is 3. The van der Waals surface area contributed by atoms with Crippen LogP contribution in [0.5, 0.6) is 0 Å². The predicted octanol–water partition coefficient (Wildman–Crippen LogP) is 3.28. The first-order chi connectivity index (χ1) is 13.5. The van der Waals surface area contributed by atoms with Gasteiger partial charge in [0.05, 0.1) is 12.4 Å². The lowest BCUT2D eigenvalue weighted by Gasteiger charge is -2.14. The van der Waals surface area contributed by atoms with Crippen molar-refractivity contribution in [2.75, 3.05) is 0 Å². The molecular formula is C21H19FN4O2. The fourth-order valence-electron chi connectivity index (χ4n) is 3.28. The highest BCUT2D eigenvalue weighted by Gasteiger charge is 2.13. The molecule has 0 saturated carbocycles. The number of hydrogen-bond acceptors (Lipinski definition) is 3. The lowest BCUT2D eigenvalue weighted by Crippen LogP contribution is -2.29. The smallest absolute Gasteiger partial charge is 0.277 e. The zero-order valence-corrected chi connectivity index (χ0v) is 15.3. The Bertz CT molecular complexity index is 1210. The second kappa shape index (κ2) is 7.26. The van der Waals surface area contributed by atoms with Crippen LogP contribution in [0.25, 0.3) is 21.9 Å². The van der Waals surface area contributed by atoms with Crippen LogP contribution in [0.15, 0.2) is 59.7 Å². The highest BCUT2D eigenvalue weighted by atomic mass is 19.1. The molecule has 0 aliphatic rings. The highest BCUT2D eigenvalue weighted by Crippen LogP contribution is 2.22. The van der Waals surface area contributed by atoms with Crippen LogP contribution in [0.2, 0.25) is 0 Å². The molecule has 28 heavy (non-hydrogen) atoms. The van der Waals surface area contributed by atoms with E-state index in [1.54, 1.807) is 6.07 Å². The van der Waals surface area contributed by atoms with Crippen LogP contribution in [0, 0.1) is 5.82 Å². The normalized spacial score (nSPS) is 12.4. The molecule has 2 aromatic carbocycles. The van der Waals surface area contributed by atoms with E-state index in [1.807, 2.05) is 37.3 Å². The minimum absolute atomic E-state index is 0.116. The number of H-pyrrole nitrogens is 1. The average Bonchev–Trinajstić information content (AvgIpc) is 3.07. The molecule has 0 radical (unpaired) electrons. The van der Waals surface area contributed by atoms with Gasteiger partial charge in [-0.15, -0.1) is 0 Å². The van der Waals surface area contributed by atoms with Crippen molar-refractivity contribution in [2.24, 2.45) is 0 Å². The van der Waals surface area contributed by atoms with Crippen LogP contribution < -0.4 is 10.9 Å². The lowest BCUT2D eigenvalue weighted by molar-refractivity contribution is -0.121. The number of aromatic nitrogens is 3. The summed E-state index contributed by atoms with van der Waals surface area (Å²) in [5.41, 5.74) is 2.11. The Morgan fingerprint density at radius 3 is 2.82 bits per heavy atom. The number of carbonyl (C=O) groups is 1. The number of aryl methyl sites for hydroxylation is 1. The molecule has 0 unspecified atom stereocenters. The minimum Gasteiger partial charge on any atom is -0.350 e. The minimum atomic E-state index is -0.386. The Labute approximate surface area is 160 Å². The van der Waals surface area contributed by atoms with Crippen molar-refractivity contribution in [3.8, 4) is 0 Å². The van der Waals surface area contributed by atoms with Gasteiger partial charge in [0, 0.05) is 23.9 Å². The lowest BCUT2D eigenvalue weighted by atomic mass is 10.1. The monoisotopic (exact) mass is 378 g/mol. The first-order valence-corrected chi connectivity index (χ1v) is 9.03. The molecule has 1 atom stereocenters. The van der Waals surface area contributed by atoms with Gasteiger partial charge in [-0.05, 0) is 30.7 Å². The molecule has 4 rings (SSSR count). The van der Waals surface area contributed by atoms with Crippen molar-refractivity contribution in [2.45, 2.75) is 25.9 Å². The zero-order chi connectivity index (χ0) is 19.7. The van der Waals surface area contributed by atoms with Crippen molar-refractivity contribution in [1.82, 2.24) is 19.9 Å². The number of carbonyl (C=O) groups excluding carboxylic acids is 1. The molecule has 0 aliphatic carbocycles. The Balaban J connectivity index is 1.50. The van der Waals surface area contributed by atoms with E-state index in [0.29, 0.717) is 21.9 Å². The van der Waals surface area contributed by atoms with Crippen LogP contribution >= 0.6 is 0 Å². The molecular weight excluding hydrogens is 359 g/mol. The molecule has 4 aromatic rings. The number of halogens is 1. The van der Waals surface area contributed by atoms with Crippen molar-refractivity contribution in [3.63, 3.8) is 0 Å². The number of nitrogens with one attached hydrogen (secondary N) is 2. The van der Waals surface area contributed by atoms with Crippen molar-refractivity contribution in [3.05, 3.63) is 76.6 Å². The molecule has 7 heteroatoms. The summed E-state index contributed by atoms with van der Waals surface area (Å²) in [6.07, 6.45) is 1.55. The summed E-state index contributed by atoms with van der Waals surface area (Å²) in [5, 5.41) is 3.49. The predicted molar refractivity (Wildman–Crippen MR) is 105 cm³/mol. The second-order valence-electron chi connectivity index (χ2n) is 6.73.